The fourth-order valence-corrected chi connectivity index (χ4v) is 2.11. The molecular weight excluding hydrogens is 188 g/mol. The van der Waals surface area contributed by atoms with Gasteiger partial charge in [0.25, 0.3) is 0 Å². The summed E-state index contributed by atoms with van der Waals surface area (Å²) in [6.07, 6.45) is 0. The highest BCUT2D eigenvalue weighted by Gasteiger charge is 1.97. The van der Waals surface area contributed by atoms with E-state index in [2.05, 4.69) is 9.83 Å². The van der Waals surface area contributed by atoms with Gasteiger partial charge in [0.2, 0.25) is 0 Å². The van der Waals surface area contributed by atoms with E-state index >= 15 is 0 Å². The molecule has 1 aromatic carbocycles. The Balaban J connectivity index is 2.85. The molecule has 0 fully saturated rings. The summed E-state index contributed by atoms with van der Waals surface area (Å²) in [5.41, 5.74) is 1.60. The van der Waals surface area contributed by atoms with Crippen LogP contribution in [0.1, 0.15) is 0 Å². The molecule has 0 aliphatic rings. The van der Waals surface area contributed by atoms with Gasteiger partial charge in [-0.3, -0.25) is 0 Å². The van der Waals surface area contributed by atoms with E-state index in [1.165, 1.54) is 11.3 Å². The van der Waals surface area contributed by atoms with E-state index in [-0.39, 0.29) is 0 Å². The van der Waals surface area contributed by atoms with Crippen molar-refractivity contribution in [3.05, 3.63) is 33.6 Å². The molecule has 1 heterocycles. The van der Waals surface area contributed by atoms with Crippen molar-refractivity contribution < 1.29 is 0 Å². The SMILES string of the molecule is [C-]#[N+]c1ccc2sc(=S)[nH]c2c1. The van der Waals surface area contributed by atoms with Gasteiger partial charge in [0, 0.05) is 5.52 Å². The molecule has 58 valence electrons. The van der Waals surface area contributed by atoms with Gasteiger partial charge in [-0.15, -0.1) is 11.3 Å². The number of rotatable bonds is 0. The third-order valence-corrected chi connectivity index (χ3v) is 2.75. The standard InChI is InChI=1S/C8H4N2S2/c1-9-5-2-3-7-6(4-5)10-8(11)12-7/h2-4H,(H,10,11). The number of aromatic nitrogens is 1. The number of benzene rings is 1. The Morgan fingerprint density at radius 1 is 1.50 bits per heavy atom. The maximum Gasteiger partial charge on any atom is 0.189 e. The Morgan fingerprint density at radius 2 is 2.33 bits per heavy atom. The summed E-state index contributed by atoms with van der Waals surface area (Å²) in [7, 11) is 0. The Morgan fingerprint density at radius 3 is 3.08 bits per heavy atom. The van der Waals surface area contributed by atoms with Gasteiger partial charge < -0.3 is 4.98 Å². The minimum atomic E-state index is 0.645. The molecule has 0 unspecified atom stereocenters. The van der Waals surface area contributed by atoms with Gasteiger partial charge in [0.1, 0.15) is 0 Å². The van der Waals surface area contributed by atoms with Crippen LogP contribution in [0.2, 0.25) is 0 Å². The molecular formula is C8H4N2S2. The first-order chi connectivity index (χ1) is 5.79. The molecule has 0 spiro atoms. The van der Waals surface area contributed by atoms with Crippen molar-refractivity contribution in [1.82, 2.24) is 4.98 Å². The molecule has 2 aromatic rings. The highest BCUT2D eigenvalue weighted by molar-refractivity contribution is 7.73. The first kappa shape index (κ1) is 7.47. The van der Waals surface area contributed by atoms with Crippen molar-refractivity contribution in [2.24, 2.45) is 0 Å². The molecule has 0 amide bonds. The molecule has 0 aliphatic carbocycles. The average molecular weight is 192 g/mol. The van der Waals surface area contributed by atoms with Crippen molar-refractivity contribution in [1.29, 1.82) is 0 Å². The Kier molecular flexibility index (Phi) is 1.68. The van der Waals surface area contributed by atoms with Crippen LogP contribution in [0.5, 0.6) is 0 Å². The number of thiazole rings is 1. The second-order valence-corrected chi connectivity index (χ2v) is 4.03. The summed E-state index contributed by atoms with van der Waals surface area (Å²) in [4.78, 5) is 6.35. The van der Waals surface area contributed by atoms with E-state index in [1.807, 2.05) is 12.1 Å². The van der Waals surface area contributed by atoms with Gasteiger partial charge >= 0.3 is 0 Å². The molecule has 1 N–H and O–H groups in total. The maximum atomic E-state index is 6.81. The molecule has 0 saturated heterocycles. The molecule has 0 atom stereocenters. The number of hydrogen-bond donors (Lipinski definition) is 1. The van der Waals surface area contributed by atoms with E-state index in [0.29, 0.717) is 5.69 Å². The van der Waals surface area contributed by atoms with E-state index in [0.717, 1.165) is 14.2 Å². The lowest BCUT2D eigenvalue weighted by Crippen LogP contribution is -1.65. The van der Waals surface area contributed by atoms with Crippen LogP contribution >= 0.6 is 23.6 Å². The van der Waals surface area contributed by atoms with Crippen LogP contribution < -0.4 is 0 Å². The number of fused-ring (bicyclic) bond motifs is 1. The molecule has 0 aliphatic heterocycles. The maximum absolute atomic E-state index is 6.81. The molecule has 2 nitrogen and oxygen atoms in total. The minimum absolute atomic E-state index is 0.645. The van der Waals surface area contributed by atoms with Crippen molar-refractivity contribution in [2.75, 3.05) is 0 Å². The van der Waals surface area contributed by atoms with E-state index in [4.69, 9.17) is 18.8 Å². The van der Waals surface area contributed by atoms with Crippen LogP contribution in [-0.2, 0) is 0 Å². The topological polar surface area (TPSA) is 20.1 Å². The van der Waals surface area contributed by atoms with Crippen LogP contribution in [0.3, 0.4) is 0 Å². The zero-order valence-corrected chi connectivity index (χ0v) is 7.63. The number of aromatic amines is 1. The Hall–Kier alpha value is -1.18. The van der Waals surface area contributed by atoms with Crippen molar-refractivity contribution >= 4 is 39.5 Å². The molecule has 2 rings (SSSR count). The van der Waals surface area contributed by atoms with Crippen LogP contribution in [0.25, 0.3) is 15.1 Å². The highest BCUT2D eigenvalue weighted by atomic mass is 32.1. The summed E-state index contributed by atoms with van der Waals surface area (Å²) in [6.45, 7) is 6.81. The summed E-state index contributed by atoms with van der Waals surface area (Å²) in [6, 6.07) is 5.53. The Labute approximate surface area is 78.3 Å². The lowest BCUT2D eigenvalue weighted by atomic mass is 10.3. The predicted octanol–water partition coefficient (Wildman–Crippen LogP) is 3.51. The first-order valence-corrected chi connectivity index (χ1v) is 4.52. The molecule has 0 saturated carbocycles. The smallest absolute Gasteiger partial charge is 0.189 e. The summed E-state index contributed by atoms with van der Waals surface area (Å²) < 4.78 is 1.86. The van der Waals surface area contributed by atoms with E-state index < -0.39 is 0 Å². The highest BCUT2D eigenvalue weighted by Crippen LogP contribution is 2.23. The lowest BCUT2D eigenvalue weighted by Gasteiger charge is -1.87. The Bertz CT molecular complexity index is 516. The summed E-state index contributed by atoms with van der Waals surface area (Å²) in [5.74, 6) is 0. The molecule has 12 heavy (non-hydrogen) atoms. The minimum Gasteiger partial charge on any atom is -0.338 e. The van der Waals surface area contributed by atoms with Crippen molar-refractivity contribution in [2.45, 2.75) is 0 Å². The zero-order chi connectivity index (χ0) is 8.55. The van der Waals surface area contributed by atoms with Gasteiger partial charge in [0.15, 0.2) is 9.64 Å². The number of hydrogen-bond acceptors (Lipinski definition) is 2. The van der Waals surface area contributed by atoms with E-state index in [9.17, 15) is 0 Å². The van der Waals surface area contributed by atoms with Gasteiger partial charge in [-0.2, -0.15) is 0 Å². The van der Waals surface area contributed by atoms with Gasteiger partial charge in [0.05, 0.1) is 11.3 Å². The van der Waals surface area contributed by atoms with Crippen molar-refractivity contribution in [3.63, 3.8) is 0 Å². The summed E-state index contributed by atoms with van der Waals surface area (Å²) >= 11 is 6.51. The number of nitrogens with one attached hydrogen (secondary N) is 1. The van der Waals surface area contributed by atoms with Crippen molar-refractivity contribution in [3.8, 4) is 0 Å². The first-order valence-electron chi connectivity index (χ1n) is 3.30. The second-order valence-electron chi connectivity index (χ2n) is 2.31. The summed E-state index contributed by atoms with van der Waals surface area (Å²) in [5, 5.41) is 0. The van der Waals surface area contributed by atoms with E-state index in [1.54, 1.807) is 6.07 Å². The van der Waals surface area contributed by atoms with Crippen LogP contribution in [-0.4, -0.2) is 4.98 Å². The number of H-pyrrole nitrogens is 1. The molecule has 0 radical (unpaired) electrons. The number of nitrogens with zero attached hydrogens (tertiary/aromatic N) is 1. The fourth-order valence-electron chi connectivity index (χ4n) is 1.01. The van der Waals surface area contributed by atoms with Crippen LogP contribution in [0.4, 0.5) is 5.69 Å². The zero-order valence-electron chi connectivity index (χ0n) is 6.00. The average Bonchev–Trinajstić information content (AvgIpc) is 2.43. The third kappa shape index (κ3) is 1.13. The fraction of sp³-hybridized carbons (Fsp3) is 0. The van der Waals surface area contributed by atoms with Gasteiger partial charge in [-0.25, -0.2) is 4.85 Å². The van der Waals surface area contributed by atoms with Crippen LogP contribution in [0, 0.1) is 10.5 Å². The monoisotopic (exact) mass is 192 g/mol. The van der Waals surface area contributed by atoms with Gasteiger partial charge in [-0.05, 0) is 18.3 Å². The van der Waals surface area contributed by atoms with Crippen LogP contribution in [0.15, 0.2) is 18.2 Å². The third-order valence-electron chi connectivity index (χ3n) is 1.53. The molecule has 4 heteroatoms. The molecule has 1 aromatic heterocycles. The quantitative estimate of drug-likeness (QED) is 0.500. The lowest BCUT2D eigenvalue weighted by molar-refractivity contribution is 1.47. The largest absolute Gasteiger partial charge is 0.338 e. The molecule has 0 bridgehead atoms. The van der Waals surface area contributed by atoms with Gasteiger partial charge in [-0.1, -0.05) is 12.1 Å². The second kappa shape index (κ2) is 2.70. The predicted molar refractivity (Wildman–Crippen MR) is 53.3 cm³/mol. The normalized spacial score (nSPS) is 9.92.